The van der Waals surface area contributed by atoms with Crippen molar-refractivity contribution in [1.82, 2.24) is 15.1 Å². The molecule has 3 rings (SSSR count). The molecule has 0 saturated carbocycles. The van der Waals surface area contributed by atoms with Gasteiger partial charge < -0.3 is 14.1 Å². The van der Waals surface area contributed by atoms with Crippen LogP contribution in [0.15, 0.2) is 16.5 Å². The fraction of sp³-hybridized carbons (Fsp3) is 0.500. The van der Waals surface area contributed by atoms with Crippen LogP contribution in [-0.4, -0.2) is 40.7 Å². The highest BCUT2D eigenvalue weighted by Gasteiger charge is 2.31. The van der Waals surface area contributed by atoms with E-state index in [2.05, 4.69) is 10.2 Å². The quantitative estimate of drug-likeness (QED) is 0.858. The molecule has 118 valence electrons. The minimum absolute atomic E-state index is 0.0584. The Kier molecular flexibility index (Phi) is 4.46. The van der Waals surface area contributed by atoms with Gasteiger partial charge in [0.2, 0.25) is 17.7 Å². The van der Waals surface area contributed by atoms with E-state index in [1.165, 1.54) is 11.3 Å². The van der Waals surface area contributed by atoms with Crippen molar-refractivity contribution in [2.45, 2.75) is 25.9 Å². The smallest absolute Gasteiger partial charge is 0.246 e. The van der Waals surface area contributed by atoms with Crippen LogP contribution in [0.1, 0.15) is 35.6 Å². The van der Waals surface area contributed by atoms with Gasteiger partial charge in [0, 0.05) is 18.3 Å². The zero-order valence-electron chi connectivity index (χ0n) is 12.3. The first-order valence-electron chi connectivity index (χ1n) is 7.00. The number of carbonyl (C=O) groups is 1. The number of ether oxygens (including phenoxy) is 1. The molecule has 0 radical (unpaired) electrons. The summed E-state index contributed by atoms with van der Waals surface area (Å²) in [5.74, 6) is 0.745. The van der Waals surface area contributed by atoms with Crippen LogP contribution in [-0.2, 0) is 9.53 Å². The lowest BCUT2D eigenvalue weighted by Crippen LogP contribution is -2.44. The second kappa shape index (κ2) is 6.36. The van der Waals surface area contributed by atoms with Crippen molar-refractivity contribution in [3.8, 4) is 0 Å². The number of hydrogen-bond acceptors (Lipinski definition) is 6. The fourth-order valence-electron chi connectivity index (χ4n) is 2.40. The van der Waals surface area contributed by atoms with Crippen LogP contribution in [0.5, 0.6) is 0 Å². The van der Waals surface area contributed by atoms with Crippen LogP contribution >= 0.6 is 22.9 Å². The van der Waals surface area contributed by atoms with Gasteiger partial charge in [-0.1, -0.05) is 11.6 Å². The van der Waals surface area contributed by atoms with E-state index in [9.17, 15) is 4.79 Å². The highest BCUT2D eigenvalue weighted by molar-refractivity contribution is 7.16. The Morgan fingerprint density at radius 1 is 1.50 bits per heavy atom. The van der Waals surface area contributed by atoms with E-state index in [1.54, 1.807) is 11.8 Å². The Hall–Kier alpha value is -1.44. The average molecular weight is 342 g/mol. The van der Waals surface area contributed by atoms with E-state index in [1.807, 2.05) is 19.1 Å². The van der Waals surface area contributed by atoms with Crippen LogP contribution in [0, 0.1) is 6.92 Å². The van der Waals surface area contributed by atoms with Crippen molar-refractivity contribution in [3.63, 3.8) is 0 Å². The zero-order chi connectivity index (χ0) is 15.7. The summed E-state index contributed by atoms with van der Waals surface area (Å²) < 4.78 is 11.7. The molecule has 1 amide bonds. The molecule has 1 saturated heterocycles. The first-order chi connectivity index (χ1) is 10.5. The van der Waals surface area contributed by atoms with Gasteiger partial charge in [-0.3, -0.25) is 4.79 Å². The minimum Gasteiger partial charge on any atom is -0.423 e. The number of halogens is 1. The summed E-state index contributed by atoms with van der Waals surface area (Å²) in [6.45, 7) is 5.06. The number of hydrogen-bond donors (Lipinski definition) is 0. The highest BCUT2D eigenvalue weighted by atomic mass is 35.5. The molecule has 1 aliphatic heterocycles. The topological polar surface area (TPSA) is 68.5 Å². The molecule has 0 spiro atoms. The van der Waals surface area contributed by atoms with Gasteiger partial charge in [0.1, 0.15) is 0 Å². The monoisotopic (exact) mass is 341 g/mol. The van der Waals surface area contributed by atoms with Gasteiger partial charge in [0.25, 0.3) is 0 Å². The fourth-order valence-corrected chi connectivity index (χ4v) is 3.50. The Bertz CT molecular complexity index is 672. The lowest BCUT2D eigenvalue weighted by atomic mass is 10.1. The Labute approximate surface area is 137 Å². The van der Waals surface area contributed by atoms with Gasteiger partial charge in [-0.15, -0.1) is 21.5 Å². The van der Waals surface area contributed by atoms with E-state index >= 15 is 0 Å². The molecule has 0 N–H and O–H groups in total. The number of aromatic nitrogens is 2. The Morgan fingerprint density at radius 2 is 2.32 bits per heavy atom. The third-order valence-electron chi connectivity index (χ3n) is 3.59. The van der Waals surface area contributed by atoms with Crippen molar-refractivity contribution >= 4 is 28.8 Å². The van der Waals surface area contributed by atoms with E-state index in [0.717, 1.165) is 4.88 Å². The van der Waals surface area contributed by atoms with Crippen LogP contribution in [0.2, 0.25) is 4.34 Å². The number of amides is 1. The predicted molar refractivity (Wildman–Crippen MR) is 82.1 cm³/mol. The number of morpholine rings is 1. The summed E-state index contributed by atoms with van der Waals surface area (Å²) in [6, 6.07) is 3.71. The second-order valence-corrected chi connectivity index (χ2v) is 6.91. The molecule has 3 heterocycles. The van der Waals surface area contributed by atoms with Crippen LogP contribution < -0.4 is 0 Å². The lowest BCUT2D eigenvalue weighted by molar-refractivity contribution is -0.141. The maximum Gasteiger partial charge on any atom is 0.246 e. The number of aryl methyl sites for hydroxylation is 1. The summed E-state index contributed by atoms with van der Waals surface area (Å²) in [4.78, 5) is 15.4. The average Bonchev–Trinajstić information content (AvgIpc) is 3.14. The maximum atomic E-state index is 12.7. The Balaban J connectivity index is 1.70. The lowest BCUT2D eigenvalue weighted by Gasteiger charge is -2.32. The summed E-state index contributed by atoms with van der Waals surface area (Å²) in [6.07, 6.45) is -0.363. The standard InChI is InChI=1S/C14H16ClN3O3S/c1-8(11-3-4-12(15)22-11)14(19)18-5-6-20-10(7-18)13-17-16-9(2)21-13/h3-4,8,10H,5-7H2,1-2H3/t8-,10-/m1/s1. The normalized spacial score (nSPS) is 20.1. The first-order valence-corrected chi connectivity index (χ1v) is 8.19. The first kappa shape index (κ1) is 15.5. The summed E-state index contributed by atoms with van der Waals surface area (Å²) >= 11 is 7.38. The summed E-state index contributed by atoms with van der Waals surface area (Å²) in [7, 11) is 0. The Morgan fingerprint density at radius 3 is 2.95 bits per heavy atom. The molecule has 0 bridgehead atoms. The van der Waals surface area contributed by atoms with Gasteiger partial charge in [-0.05, 0) is 19.1 Å². The van der Waals surface area contributed by atoms with E-state index in [-0.39, 0.29) is 17.9 Å². The van der Waals surface area contributed by atoms with Gasteiger partial charge in [0.15, 0.2) is 6.10 Å². The molecule has 2 aromatic heterocycles. The molecule has 2 aromatic rings. The molecular weight excluding hydrogens is 326 g/mol. The summed E-state index contributed by atoms with van der Waals surface area (Å²) in [5, 5.41) is 7.78. The van der Waals surface area contributed by atoms with Crippen molar-refractivity contribution in [3.05, 3.63) is 33.1 Å². The van der Waals surface area contributed by atoms with Gasteiger partial charge >= 0.3 is 0 Å². The van der Waals surface area contributed by atoms with E-state index in [0.29, 0.717) is 35.8 Å². The van der Waals surface area contributed by atoms with E-state index in [4.69, 9.17) is 20.8 Å². The third-order valence-corrected chi connectivity index (χ3v) is 5.00. The SMILES string of the molecule is Cc1nnc([C@H]2CN(C(=O)[C@H](C)c3ccc(Cl)s3)CCO2)o1. The third kappa shape index (κ3) is 3.16. The van der Waals surface area contributed by atoms with Crippen molar-refractivity contribution in [1.29, 1.82) is 0 Å². The molecule has 0 unspecified atom stereocenters. The molecular formula is C14H16ClN3O3S. The van der Waals surface area contributed by atoms with Gasteiger partial charge in [-0.25, -0.2) is 0 Å². The van der Waals surface area contributed by atoms with Crippen molar-refractivity contribution in [2.75, 3.05) is 19.7 Å². The molecule has 1 fully saturated rings. The zero-order valence-corrected chi connectivity index (χ0v) is 13.9. The summed E-state index contributed by atoms with van der Waals surface area (Å²) in [5.41, 5.74) is 0. The molecule has 1 aliphatic rings. The van der Waals surface area contributed by atoms with Crippen LogP contribution in [0.4, 0.5) is 0 Å². The van der Waals surface area contributed by atoms with Gasteiger partial charge in [0.05, 0.1) is 23.4 Å². The molecule has 0 aliphatic carbocycles. The number of nitrogens with zero attached hydrogens (tertiary/aromatic N) is 3. The van der Waals surface area contributed by atoms with E-state index < -0.39 is 0 Å². The minimum atomic E-state index is -0.363. The number of thiophene rings is 1. The molecule has 6 nitrogen and oxygen atoms in total. The largest absolute Gasteiger partial charge is 0.423 e. The number of carbonyl (C=O) groups excluding carboxylic acids is 1. The highest BCUT2D eigenvalue weighted by Crippen LogP contribution is 2.30. The van der Waals surface area contributed by atoms with Gasteiger partial charge in [-0.2, -0.15) is 0 Å². The molecule has 2 atom stereocenters. The maximum absolute atomic E-state index is 12.7. The second-order valence-electron chi connectivity index (χ2n) is 5.17. The molecule has 8 heteroatoms. The van der Waals surface area contributed by atoms with Crippen molar-refractivity contribution in [2.24, 2.45) is 0 Å². The van der Waals surface area contributed by atoms with Crippen molar-refractivity contribution < 1.29 is 13.9 Å². The number of rotatable bonds is 3. The van der Waals surface area contributed by atoms with Crippen LogP contribution in [0.3, 0.4) is 0 Å². The predicted octanol–water partition coefficient (Wildman–Crippen LogP) is 2.80. The molecule has 0 aromatic carbocycles. The molecule has 22 heavy (non-hydrogen) atoms. The van der Waals surface area contributed by atoms with Crippen LogP contribution in [0.25, 0.3) is 0 Å².